The molecule has 0 aromatic carbocycles. The Morgan fingerprint density at radius 2 is 2.27 bits per heavy atom. The molecule has 1 heterocycles. The number of hydrogen-bond donors (Lipinski definition) is 3. The molecule has 0 saturated carbocycles. The number of amides is 1. The lowest BCUT2D eigenvalue weighted by Crippen LogP contribution is -2.33. The van der Waals surface area contributed by atoms with Crippen LogP contribution >= 0.6 is 21.6 Å². The second-order valence-corrected chi connectivity index (χ2v) is 7.25. The molecule has 0 spiro atoms. The summed E-state index contributed by atoms with van der Waals surface area (Å²) in [7, 11) is 3.12. The molecular weight excluding hydrogens is 322 g/mol. The summed E-state index contributed by atoms with van der Waals surface area (Å²) in [6, 6.07) is 6.06. The summed E-state index contributed by atoms with van der Waals surface area (Å²) in [5.74, 6) is 0.440. The fourth-order valence-electron chi connectivity index (χ4n) is 1.37. The molecule has 1 rings (SSSR count). The predicted octanol–water partition coefficient (Wildman–Crippen LogP) is 1.97. The number of aromatic nitrogens is 1. The highest BCUT2D eigenvalue weighted by Gasteiger charge is 2.08. The number of aliphatic hydroxyl groups excluding tert-OH is 1. The number of carbonyl (C=O) groups is 1. The van der Waals surface area contributed by atoms with Crippen molar-refractivity contribution in [3.05, 3.63) is 24.4 Å². The molecule has 1 aromatic rings. The third-order valence-corrected chi connectivity index (χ3v) is 4.74. The minimum absolute atomic E-state index is 0.247. The normalized spacial score (nSPS) is 12.4. The van der Waals surface area contributed by atoms with Gasteiger partial charge in [-0.05, 0) is 22.9 Å². The molecule has 0 aliphatic carbocycles. The Labute approximate surface area is 139 Å². The molecule has 1 unspecified atom stereocenters. The number of aliphatic hydroxyl groups is 1. The molecule has 124 valence electrons. The first-order valence-electron chi connectivity index (χ1n) is 7.14. The van der Waals surface area contributed by atoms with Gasteiger partial charge < -0.3 is 10.4 Å². The lowest BCUT2D eigenvalue weighted by atomic mass is 10.3. The number of rotatable bonds is 11. The maximum atomic E-state index is 11.4. The molecule has 0 bridgehead atoms. The van der Waals surface area contributed by atoms with E-state index in [1.54, 1.807) is 27.8 Å². The van der Waals surface area contributed by atoms with Crippen LogP contribution in [0.5, 0.6) is 0 Å². The van der Waals surface area contributed by atoms with Gasteiger partial charge in [0.15, 0.2) is 6.29 Å². The van der Waals surface area contributed by atoms with Crippen molar-refractivity contribution < 1.29 is 14.7 Å². The Balaban J connectivity index is 2.01. The number of carbonyl (C=O) groups excluding carboxylic acids is 1. The summed E-state index contributed by atoms with van der Waals surface area (Å²) < 4.78 is 0. The van der Waals surface area contributed by atoms with Gasteiger partial charge in [0, 0.05) is 37.4 Å². The van der Waals surface area contributed by atoms with Gasteiger partial charge in [-0.2, -0.15) is 0 Å². The van der Waals surface area contributed by atoms with Gasteiger partial charge in [-0.15, -0.1) is 0 Å². The van der Waals surface area contributed by atoms with Crippen molar-refractivity contribution in [2.45, 2.75) is 44.0 Å². The number of hydrogen-bond acceptors (Lipinski definition) is 7. The van der Waals surface area contributed by atoms with Crippen molar-refractivity contribution in [2.75, 3.05) is 12.3 Å². The average molecular weight is 345 g/mol. The second kappa shape index (κ2) is 11.7. The summed E-state index contributed by atoms with van der Waals surface area (Å²) in [4.78, 5) is 20.5. The number of hydroxylamine groups is 1. The molecule has 0 saturated heterocycles. The molecule has 0 aliphatic heterocycles. The van der Waals surface area contributed by atoms with Crippen LogP contribution in [-0.4, -0.2) is 40.6 Å². The largest absolute Gasteiger partial charge is 0.366 e. The average Bonchev–Trinajstić information content (AvgIpc) is 2.50. The lowest BCUT2D eigenvalue weighted by Gasteiger charge is -2.12. The topological polar surface area (TPSA) is 83.5 Å². The fraction of sp³-hybridized carbons (Fsp3) is 0.571. The van der Waals surface area contributed by atoms with Crippen LogP contribution in [0.3, 0.4) is 0 Å². The summed E-state index contributed by atoms with van der Waals surface area (Å²) in [5.41, 5.74) is 2.26. The maximum Gasteiger partial charge on any atom is 0.244 e. The van der Waals surface area contributed by atoms with Crippen molar-refractivity contribution >= 4 is 27.5 Å². The summed E-state index contributed by atoms with van der Waals surface area (Å²) in [5, 5.41) is 13.7. The fourth-order valence-corrected chi connectivity index (χ4v) is 3.30. The van der Waals surface area contributed by atoms with E-state index in [1.807, 2.05) is 32.0 Å². The Kier molecular flexibility index (Phi) is 10.3. The quantitative estimate of drug-likeness (QED) is 0.245. The molecule has 0 fully saturated rings. The number of pyridine rings is 1. The van der Waals surface area contributed by atoms with E-state index in [-0.39, 0.29) is 5.91 Å². The highest BCUT2D eigenvalue weighted by molar-refractivity contribution is 8.76. The van der Waals surface area contributed by atoms with Crippen LogP contribution in [0.15, 0.2) is 29.4 Å². The van der Waals surface area contributed by atoms with Gasteiger partial charge in [-0.25, -0.2) is 15.3 Å². The minimum Gasteiger partial charge on any atom is -0.366 e. The molecule has 0 aliphatic rings. The Morgan fingerprint density at radius 3 is 2.95 bits per heavy atom. The zero-order valence-corrected chi connectivity index (χ0v) is 14.5. The maximum absolute atomic E-state index is 11.4. The molecule has 1 atom stereocenters. The van der Waals surface area contributed by atoms with Gasteiger partial charge in [0.1, 0.15) is 5.03 Å². The smallest absolute Gasteiger partial charge is 0.244 e. The Hall–Kier alpha value is -0.800. The van der Waals surface area contributed by atoms with Crippen LogP contribution in [0.2, 0.25) is 0 Å². The standard InChI is InChI=1S/C14H23N3O3S2/c1-11(2)15-9-6-12(18)17-20-14(19)7-10-21-22-13-5-3-4-8-16-13/h3-5,8,11,14-15,19H,6-7,9-10H2,1-2H3,(H,17,18). The summed E-state index contributed by atoms with van der Waals surface area (Å²) >= 11 is 0. The molecule has 22 heavy (non-hydrogen) atoms. The Bertz CT molecular complexity index is 421. The minimum atomic E-state index is -1.00. The van der Waals surface area contributed by atoms with Gasteiger partial charge >= 0.3 is 0 Å². The van der Waals surface area contributed by atoms with E-state index in [2.05, 4.69) is 15.8 Å². The van der Waals surface area contributed by atoms with Crippen LogP contribution in [-0.2, 0) is 9.63 Å². The first-order chi connectivity index (χ1) is 10.6. The van der Waals surface area contributed by atoms with Crippen molar-refractivity contribution in [1.29, 1.82) is 0 Å². The monoisotopic (exact) mass is 345 g/mol. The molecule has 8 heteroatoms. The van der Waals surface area contributed by atoms with Crippen molar-refractivity contribution in [3.63, 3.8) is 0 Å². The van der Waals surface area contributed by atoms with Crippen LogP contribution < -0.4 is 10.8 Å². The van der Waals surface area contributed by atoms with Gasteiger partial charge in [0.05, 0.1) is 0 Å². The summed E-state index contributed by atoms with van der Waals surface area (Å²) in [6.07, 6.45) is 1.48. The van der Waals surface area contributed by atoms with E-state index >= 15 is 0 Å². The molecular formula is C14H23N3O3S2. The van der Waals surface area contributed by atoms with Gasteiger partial charge in [0.2, 0.25) is 5.91 Å². The van der Waals surface area contributed by atoms with Crippen LogP contribution in [0.4, 0.5) is 0 Å². The van der Waals surface area contributed by atoms with E-state index in [4.69, 9.17) is 4.84 Å². The van der Waals surface area contributed by atoms with Crippen LogP contribution in [0, 0.1) is 0 Å². The number of nitrogens with zero attached hydrogens (tertiary/aromatic N) is 1. The molecule has 3 N–H and O–H groups in total. The first kappa shape index (κ1) is 19.2. The first-order valence-corrected chi connectivity index (χ1v) is 9.46. The third kappa shape index (κ3) is 10.0. The van der Waals surface area contributed by atoms with E-state index < -0.39 is 6.29 Å². The van der Waals surface area contributed by atoms with Crippen molar-refractivity contribution in [3.8, 4) is 0 Å². The van der Waals surface area contributed by atoms with E-state index in [0.717, 1.165) is 5.03 Å². The molecule has 1 aromatic heterocycles. The van der Waals surface area contributed by atoms with E-state index in [0.29, 0.717) is 31.2 Å². The van der Waals surface area contributed by atoms with E-state index in [9.17, 15) is 9.90 Å². The zero-order chi connectivity index (χ0) is 16.2. The van der Waals surface area contributed by atoms with E-state index in [1.165, 1.54) is 0 Å². The van der Waals surface area contributed by atoms with Crippen LogP contribution in [0.1, 0.15) is 26.7 Å². The Morgan fingerprint density at radius 1 is 1.45 bits per heavy atom. The van der Waals surface area contributed by atoms with Crippen LogP contribution in [0.25, 0.3) is 0 Å². The SMILES string of the molecule is CC(C)NCCC(=O)NOC(O)CCSSc1ccccn1. The predicted molar refractivity (Wildman–Crippen MR) is 90.2 cm³/mol. The van der Waals surface area contributed by atoms with Crippen molar-refractivity contribution in [1.82, 2.24) is 15.8 Å². The molecule has 6 nitrogen and oxygen atoms in total. The van der Waals surface area contributed by atoms with Crippen molar-refractivity contribution in [2.24, 2.45) is 0 Å². The lowest BCUT2D eigenvalue weighted by molar-refractivity contribution is -0.167. The highest BCUT2D eigenvalue weighted by Crippen LogP contribution is 2.29. The summed E-state index contributed by atoms with van der Waals surface area (Å²) in [6.45, 7) is 4.61. The second-order valence-electron chi connectivity index (χ2n) is 4.82. The molecule has 1 amide bonds. The van der Waals surface area contributed by atoms with Gasteiger partial charge in [-0.3, -0.25) is 4.79 Å². The van der Waals surface area contributed by atoms with Gasteiger partial charge in [0.25, 0.3) is 0 Å². The van der Waals surface area contributed by atoms with Gasteiger partial charge in [-0.1, -0.05) is 30.7 Å². The third-order valence-electron chi connectivity index (χ3n) is 2.44. The molecule has 0 radical (unpaired) electrons. The zero-order valence-electron chi connectivity index (χ0n) is 12.8. The highest BCUT2D eigenvalue weighted by atomic mass is 33.1. The number of nitrogens with one attached hydrogen (secondary N) is 2.